The van der Waals surface area contributed by atoms with Crippen LogP contribution in [0.15, 0.2) is 42.7 Å². The zero-order valence-electron chi connectivity index (χ0n) is 14.3. The number of pyridine rings is 1. The number of aromatic nitrogens is 1. The first kappa shape index (κ1) is 17.5. The fourth-order valence-electron chi connectivity index (χ4n) is 3.60. The van der Waals surface area contributed by atoms with Crippen LogP contribution in [0.5, 0.6) is 0 Å². The molecule has 6 heteroatoms. The van der Waals surface area contributed by atoms with Gasteiger partial charge in [0, 0.05) is 38.1 Å². The molecule has 132 valence electrons. The molecule has 1 aromatic heterocycles. The standard InChI is InChI=1S/C19H21F2N3O/c1-23-9-7-14(18(23)13-4-3-8-22-11-13)12-24(2)19(25)16-6-5-15(20)10-17(16)21/h3-6,8,10-11,14,18H,7,9,12H2,1-2H3/t14-,18-/m0/s1. The highest BCUT2D eigenvalue weighted by molar-refractivity contribution is 5.94. The number of carbonyl (C=O) groups is 1. The summed E-state index contributed by atoms with van der Waals surface area (Å²) in [7, 11) is 3.71. The van der Waals surface area contributed by atoms with Gasteiger partial charge in [-0.1, -0.05) is 6.07 Å². The third-order valence-corrected chi connectivity index (χ3v) is 4.82. The van der Waals surface area contributed by atoms with Crippen LogP contribution in [0.1, 0.15) is 28.4 Å². The van der Waals surface area contributed by atoms with Crippen LogP contribution < -0.4 is 0 Å². The molecule has 2 atom stereocenters. The van der Waals surface area contributed by atoms with Gasteiger partial charge in [-0.3, -0.25) is 14.7 Å². The number of hydrogen-bond acceptors (Lipinski definition) is 3. The van der Waals surface area contributed by atoms with Gasteiger partial charge in [-0.25, -0.2) is 8.78 Å². The molecule has 2 heterocycles. The van der Waals surface area contributed by atoms with Crippen LogP contribution in [0.25, 0.3) is 0 Å². The first-order valence-electron chi connectivity index (χ1n) is 8.28. The lowest BCUT2D eigenvalue weighted by molar-refractivity contribution is 0.0756. The molecule has 0 N–H and O–H groups in total. The monoisotopic (exact) mass is 345 g/mol. The minimum Gasteiger partial charge on any atom is -0.341 e. The molecule has 1 aliphatic rings. The molecule has 1 saturated heterocycles. The van der Waals surface area contributed by atoms with Gasteiger partial charge >= 0.3 is 0 Å². The smallest absolute Gasteiger partial charge is 0.256 e. The molecular formula is C19H21F2N3O. The Hall–Kier alpha value is -2.34. The molecule has 1 aliphatic heterocycles. The molecule has 25 heavy (non-hydrogen) atoms. The SMILES string of the molecule is CN(C[C@@H]1CCN(C)[C@H]1c1cccnc1)C(=O)c1ccc(F)cc1F. The van der Waals surface area contributed by atoms with E-state index in [9.17, 15) is 13.6 Å². The van der Waals surface area contributed by atoms with Crippen molar-refractivity contribution in [2.75, 3.05) is 27.2 Å². The molecule has 0 unspecified atom stereocenters. The zero-order chi connectivity index (χ0) is 18.0. The highest BCUT2D eigenvalue weighted by Crippen LogP contribution is 2.36. The second-order valence-electron chi connectivity index (χ2n) is 6.57. The summed E-state index contributed by atoms with van der Waals surface area (Å²) >= 11 is 0. The Morgan fingerprint density at radius 3 is 2.84 bits per heavy atom. The molecule has 1 fully saturated rings. The molecule has 3 rings (SSSR count). The molecule has 0 radical (unpaired) electrons. The van der Waals surface area contributed by atoms with E-state index in [4.69, 9.17) is 0 Å². The van der Waals surface area contributed by atoms with E-state index in [1.807, 2.05) is 18.3 Å². The van der Waals surface area contributed by atoms with Gasteiger partial charge in [-0.15, -0.1) is 0 Å². The predicted molar refractivity (Wildman–Crippen MR) is 91.0 cm³/mol. The minimum absolute atomic E-state index is 0.104. The van der Waals surface area contributed by atoms with Gasteiger partial charge in [0.05, 0.1) is 5.56 Å². The average molecular weight is 345 g/mol. The van der Waals surface area contributed by atoms with E-state index in [0.717, 1.165) is 30.7 Å². The summed E-state index contributed by atoms with van der Waals surface area (Å²) in [5.41, 5.74) is 1.01. The molecular weight excluding hydrogens is 324 g/mol. The van der Waals surface area contributed by atoms with Gasteiger partial charge in [0.1, 0.15) is 11.6 Å². The van der Waals surface area contributed by atoms with E-state index >= 15 is 0 Å². The zero-order valence-corrected chi connectivity index (χ0v) is 14.3. The topological polar surface area (TPSA) is 36.4 Å². The van der Waals surface area contributed by atoms with Crippen molar-refractivity contribution < 1.29 is 13.6 Å². The lowest BCUT2D eigenvalue weighted by Crippen LogP contribution is -2.34. The molecule has 0 saturated carbocycles. The van der Waals surface area contributed by atoms with Crippen LogP contribution in [0.4, 0.5) is 8.78 Å². The Morgan fingerprint density at radius 2 is 2.16 bits per heavy atom. The largest absolute Gasteiger partial charge is 0.341 e. The molecule has 1 amide bonds. The van der Waals surface area contributed by atoms with E-state index in [1.54, 1.807) is 13.2 Å². The van der Waals surface area contributed by atoms with Gasteiger partial charge < -0.3 is 4.90 Å². The Balaban J connectivity index is 1.75. The van der Waals surface area contributed by atoms with Gasteiger partial charge in [0.15, 0.2) is 0 Å². The first-order chi connectivity index (χ1) is 12.0. The van der Waals surface area contributed by atoms with E-state index in [1.165, 1.54) is 11.0 Å². The van der Waals surface area contributed by atoms with Crippen molar-refractivity contribution in [3.63, 3.8) is 0 Å². The molecule has 0 aliphatic carbocycles. The summed E-state index contributed by atoms with van der Waals surface area (Å²) in [4.78, 5) is 20.5. The molecule has 4 nitrogen and oxygen atoms in total. The van der Waals surface area contributed by atoms with Crippen LogP contribution in [0, 0.1) is 17.6 Å². The van der Waals surface area contributed by atoms with E-state index in [-0.39, 0.29) is 17.5 Å². The van der Waals surface area contributed by atoms with E-state index in [0.29, 0.717) is 6.54 Å². The number of hydrogen-bond donors (Lipinski definition) is 0. The quantitative estimate of drug-likeness (QED) is 0.854. The normalized spacial score (nSPS) is 20.6. The molecule has 0 spiro atoms. The highest BCUT2D eigenvalue weighted by atomic mass is 19.1. The summed E-state index contributed by atoms with van der Waals surface area (Å²) in [5, 5.41) is 0. The number of carbonyl (C=O) groups excluding carboxylic acids is 1. The summed E-state index contributed by atoms with van der Waals surface area (Å²) in [5.74, 6) is -1.72. The Bertz CT molecular complexity index is 754. The lowest BCUT2D eigenvalue weighted by atomic mass is 9.94. The van der Waals surface area contributed by atoms with E-state index < -0.39 is 17.5 Å². The summed E-state index contributed by atoms with van der Waals surface area (Å²) in [6, 6.07) is 7.15. The Kier molecular flexibility index (Phi) is 5.08. The van der Waals surface area contributed by atoms with Crippen molar-refractivity contribution in [3.05, 3.63) is 65.5 Å². The van der Waals surface area contributed by atoms with Crippen LogP contribution in [-0.2, 0) is 0 Å². The van der Waals surface area contributed by atoms with Crippen molar-refractivity contribution >= 4 is 5.91 Å². The van der Waals surface area contributed by atoms with Gasteiger partial charge in [-0.05, 0) is 49.7 Å². The second kappa shape index (κ2) is 7.27. The third kappa shape index (κ3) is 3.69. The lowest BCUT2D eigenvalue weighted by Gasteiger charge is -2.28. The van der Waals surface area contributed by atoms with Crippen molar-refractivity contribution in [1.29, 1.82) is 0 Å². The minimum atomic E-state index is -0.829. The summed E-state index contributed by atoms with van der Waals surface area (Å²) in [6.07, 6.45) is 4.53. The van der Waals surface area contributed by atoms with Crippen molar-refractivity contribution in [2.24, 2.45) is 5.92 Å². The van der Waals surface area contributed by atoms with Crippen LogP contribution in [0.2, 0.25) is 0 Å². The van der Waals surface area contributed by atoms with Gasteiger partial charge in [0.25, 0.3) is 5.91 Å². The number of halogens is 2. The van der Waals surface area contributed by atoms with Crippen molar-refractivity contribution in [3.8, 4) is 0 Å². The number of benzene rings is 1. The fraction of sp³-hybridized carbons (Fsp3) is 0.368. The average Bonchev–Trinajstić information content (AvgIpc) is 2.95. The number of likely N-dealkylation sites (tertiary alicyclic amines) is 1. The Labute approximate surface area is 146 Å². The van der Waals surface area contributed by atoms with Crippen molar-refractivity contribution in [1.82, 2.24) is 14.8 Å². The second-order valence-corrected chi connectivity index (χ2v) is 6.57. The predicted octanol–water partition coefficient (Wildman–Crippen LogP) is 3.12. The molecule has 2 aromatic rings. The van der Waals surface area contributed by atoms with E-state index in [2.05, 4.69) is 16.9 Å². The number of rotatable bonds is 4. The number of amides is 1. The first-order valence-corrected chi connectivity index (χ1v) is 8.28. The Morgan fingerprint density at radius 1 is 1.36 bits per heavy atom. The third-order valence-electron chi connectivity index (χ3n) is 4.82. The van der Waals surface area contributed by atoms with Crippen LogP contribution in [0.3, 0.4) is 0 Å². The maximum atomic E-state index is 13.9. The maximum absolute atomic E-state index is 13.9. The van der Waals surface area contributed by atoms with Crippen LogP contribution in [-0.4, -0.2) is 47.9 Å². The van der Waals surface area contributed by atoms with Crippen molar-refractivity contribution in [2.45, 2.75) is 12.5 Å². The molecule has 0 bridgehead atoms. The molecule has 1 aromatic carbocycles. The summed E-state index contributed by atoms with van der Waals surface area (Å²) in [6.45, 7) is 1.43. The van der Waals surface area contributed by atoms with Gasteiger partial charge in [-0.2, -0.15) is 0 Å². The number of nitrogens with zero attached hydrogens (tertiary/aromatic N) is 3. The van der Waals surface area contributed by atoms with Crippen LogP contribution >= 0.6 is 0 Å². The summed E-state index contributed by atoms with van der Waals surface area (Å²) < 4.78 is 26.9. The maximum Gasteiger partial charge on any atom is 0.256 e. The highest BCUT2D eigenvalue weighted by Gasteiger charge is 2.34. The fourth-order valence-corrected chi connectivity index (χ4v) is 3.60. The van der Waals surface area contributed by atoms with Gasteiger partial charge in [0.2, 0.25) is 0 Å².